The van der Waals surface area contributed by atoms with Gasteiger partial charge in [0, 0.05) is 21.0 Å². The highest BCUT2D eigenvalue weighted by molar-refractivity contribution is 9.09. The number of halogens is 3. The highest BCUT2D eigenvalue weighted by Crippen LogP contribution is 2.48. The maximum absolute atomic E-state index is 7.27. The predicted molar refractivity (Wildman–Crippen MR) is 155 cm³/mol. The molecule has 0 aromatic rings. The Labute approximate surface area is 217 Å². The second kappa shape index (κ2) is 13.9. The summed E-state index contributed by atoms with van der Waals surface area (Å²) in [7, 11) is -8.76. The first-order chi connectivity index (χ1) is 13.6. The third-order valence-corrected chi connectivity index (χ3v) is 23.9. The molecule has 0 N–H and O–H groups in total. The average molecular weight is 688 g/mol. The maximum Gasteiger partial charge on any atom is 0.475 e. The number of alkyl halides is 3. The second-order valence-corrected chi connectivity index (χ2v) is 30.1. The zero-order chi connectivity index (χ0) is 23.7. The molecule has 0 bridgehead atoms. The van der Waals surface area contributed by atoms with Gasteiger partial charge < -0.3 is 12.3 Å². The van der Waals surface area contributed by atoms with E-state index in [1.165, 1.54) is 0 Å². The minimum atomic E-state index is -2.94. The van der Waals surface area contributed by atoms with Crippen LogP contribution in [0.25, 0.3) is 0 Å². The number of rotatable bonds is 17. The van der Waals surface area contributed by atoms with Crippen LogP contribution in [-0.2, 0) is 12.3 Å². The molecule has 30 heavy (non-hydrogen) atoms. The zero-order valence-electron chi connectivity index (χ0n) is 20.9. The Kier molecular flexibility index (Phi) is 14.9. The topological polar surface area (TPSA) is 27.7 Å². The molecule has 0 atom stereocenters. The largest absolute Gasteiger partial charge is 0.475 e. The molecule has 182 valence electrons. The molecule has 0 spiro atoms. The molecule has 0 saturated heterocycles. The Morgan fingerprint density at radius 3 is 1.07 bits per heavy atom. The molecular formula is C20H47Br3O3Si4. The summed E-state index contributed by atoms with van der Waals surface area (Å²) < 4.78 is 21.8. The molecular weight excluding hydrogens is 640 g/mol. The lowest BCUT2D eigenvalue weighted by Gasteiger charge is -2.51. The molecule has 0 aliphatic heterocycles. The van der Waals surface area contributed by atoms with Gasteiger partial charge in [-0.05, 0) is 83.1 Å². The van der Waals surface area contributed by atoms with E-state index in [1.54, 1.807) is 0 Å². The van der Waals surface area contributed by atoms with Crippen molar-refractivity contribution in [1.82, 2.24) is 0 Å². The van der Waals surface area contributed by atoms with Gasteiger partial charge in [0.05, 0.1) is 0 Å². The van der Waals surface area contributed by atoms with Crippen molar-refractivity contribution in [2.75, 3.05) is 16.0 Å². The van der Waals surface area contributed by atoms with Crippen LogP contribution in [0, 0.1) is 0 Å². The van der Waals surface area contributed by atoms with Gasteiger partial charge in [-0.1, -0.05) is 68.6 Å². The molecule has 0 fully saturated rings. The molecule has 0 aromatic carbocycles. The predicted octanol–water partition coefficient (Wildman–Crippen LogP) is 9.14. The Morgan fingerprint density at radius 2 is 0.867 bits per heavy atom. The minimum absolute atomic E-state index is 0.0942. The van der Waals surface area contributed by atoms with Crippen LogP contribution in [0.3, 0.4) is 0 Å². The van der Waals surface area contributed by atoms with E-state index in [4.69, 9.17) is 12.3 Å². The monoisotopic (exact) mass is 684 g/mol. The first-order valence-corrected chi connectivity index (χ1v) is 25.8. The molecule has 0 saturated carbocycles. The van der Waals surface area contributed by atoms with Crippen LogP contribution in [0.1, 0.15) is 46.5 Å². The van der Waals surface area contributed by atoms with Gasteiger partial charge in [0.2, 0.25) is 0 Å². The van der Waals surface area contributed by atoms with E-state index < -0.39 is 33.8 Å². The lowest BCUT2D eigenvalue weighted by Crippen LogP contribution is -2.66. The fourth-order valence-electron chi connectivity index (χ4n) is 3.42. The van der Waals surface area contributed by atoms with Crippen LogP contribution in [0.5, 0.6) is 0 Å². The number of hydrogen-bond acceptors (Lipinski definition) is 3. The summed E-state index contributed by atoms with van der Waals surface area (Å²) in [6.45, 7) is 21.1. The van der Waals surface area contributed by atoms with Crippen molar-refractivity contribution in [1.29, 1.82) is 0 Å². The lowest BCUT2D eigenvalue weighted by molar-refractivity contribution is 0.204. The normalized spacial score (nSPS) is 14.4. The minimum Gasteiger partial charge on any atom is -0.416 e. The fraction of sp³-hybridized carbons (Fsp3) is 1.00. The second-order valence-electron chi connectivity index (χ2n) is 10.8. The van der Waals surface area contributed by atoms with Crippen molar-refractivity contribution >= 4 is 81.5 Å². The van der Waals surface area contributed by atoms with Gasteiger partial charge in [-0.15, -0.1) is 0 Å². The summed E-state index contributed by atoms with van der Waals surface area (Å²) in [5, 5.41) is 2.98. The van der Waals surface area contributed by atoms with Crippen LogP contribution in [0.2, 0.25) is 62.5 Å². The lowest BCUT2D eigenvalue weighted by atomic mass is 10.1. The SMILES string of the molecule is CCC(C)(C)[Si](O[Si](C)(C)CCCBr)(O[Si](C)(C)CCCBr)O[Si](C)(C)CCCBr. The Hall–Kier alpha value is 2.19. The van der Waals surface area contributed by atoms with E-state index >= 15 is 0 Å². The quantitative estimate of drug-likeness (QED) is 0.113. The van der Waals surface area contributed by atoms with E-state index in [0.717, 1.165) is 59.8 Å². The summed E-state index contributed by atoms with van der Waals surface area (Å²) in [6.07, 6.45) is 4.44. The third-order valence-electron chi connectivity index (χ3n) is 5.68. The smallest absolute Gasteiger partial charge is 0.416 e. The van der Waals surface area contributed by atoms with Crippen LogP contribution < -0.4 is 0 Å². The summed E-state index contributed by atoms with van der Waals surface area (Å²) in [4.78, 5) is 0. The molecule has 0 rings (SSSR count). The van der Waals surface area contributed by atoms with E-state index in [-0.39, 0.29) is 5.04 Å². The standard InChI is InChI=1S/C20H47Br3O3Si4/c1-10-20(2,3)30(24-27(4,5)17-11-14-21,25-28(6,7)18-12-15-22)26-29(8,9)19-13-16-23/h10-19H2,1-9H3. The molecule has 0 heterocycles. The van der Waals surface area contributed by atoms with E-state index in [2.05, 4.69) is 108 Å². The molecule has 10 heteroatoms. The average Bonchev–Trinajstić information content (AvgIpc) is 2.61. The van der Waals surface area contributed by atoms with Crippen LogP contribution in [0.4, 0.5) is 0 Å². The van der Waals surface area contributed by atoms with Crippen LogP contribution >= 0.6 is 47.8 Å². The van der Waals surface area contributed by atoms with E-state index in [1.807, 2.05) is 0 Å². The molecule has 0 radical (unpaired) electrons. The van der Waals surface area contributed by atoms with Gasteiger partial charge >= 0.3 is 8.80 Å². The van der Waals surface area contributed by atoms with Crippen molar-refractivity contribution in [3.63, 3.8) is 0 Å². The Balaban J connectivity index is 6.27. The van der Waals surface area contributed by atoms with Gasteiger partial charge in [-0.2, -0.15) is 0 Å². The molecule has 3 nitrogen and oxygen atoms in total. The summed E-state index contributed by atoms with van der Waals surface area (Å²) >= 11 is 10.8. The highest BCUT2D eigenvalue weighted by Gasteiger charge is 2.60. The van der Waals surface area contributed by atoms with Crippen molar-refractivity contribution in [2.45, 2.75) is 109 Å². The van der Waals surface area contributed by atoms with Crippen molar-refractivity contribution < 1.29 is 12.3 Å². The molecule has 0 amide bonds. The van der Waals surface area contributed by atoms with Gasteiger partial charge in [0.15, 0.2) is 25.0 Å². The van der Waals surface area contributed by atoms with Gasteiger partial charge in [-0.25, -0.2) is 0 Å². The van der Waals surface area contributed by atoms with Gasteiger partial charge in [-0.3, -0.25) is 0 Å². The summed E-state index contributed by atoms with van der Waals surface area (Å²) in [6, 6.07) is 3.39. The van der Waals surface area contributed by atoms with Crippen molar-refractivity contribution in [3.8, 4) is 0 Å². The fourth-order valence-corrected chi connectivity index (χ4v) is 24.2. The number of hydrogen-bond donors (Lipinski definition) is 0. The van der Waals surface area contributed by atoms with Crippen molar-refractivity contribution in [3.05, 3.63) is 0 Å². The van der Waals surface area contributed by atoms with E-state index in [0.29, 0.717) is 0 Å². The van der Waals surface area contributed by atoms with Gasteiger partial charge in [0.1, 0.15) is 0 Å². The third kappa shape index (κ3) is 11.5. The first kappa shape index (κ1) is 32.2. The summed E-state index contributed by atoms with van der Waals surface area (Å²) in [5.74, 6) is 0. The first-order valence-electron chi connectivity index (χ1n) is 11.4. The molecule has 0 aromatic heterocycles. The Morgan fingerprint density at radius 1 is 0.600 bits per heavy atom. The van der Waals surface area contributed by atoms with Crippen LogP contribution in [-0.4, -0.2) is 49.7 Å². The zero-order valence-corrected chi connectivity index (χ0v) is 29.7. The van der Waals surface area contributed by atoms with Gasteiger partial charge in [0.25, 0.3) is 0 Å². The molecule has 0 unspecified atom stereocenters. The highest BCUT2D eigenvalue weighted by atomic mass is 79.9. The maximum atomic E-state index is 7.27. The Bertz CT molecular complexity index is 437. The van der Waals surface area contributed by atoms with E-state index in [9.17, 15) is 0 Å². The van der Waals surface area contributed by atoms with Crippen LogP contribution in [0.15, 0.2) is 0 Å². The molecule has 0 aliphatic rings. The molecule has 0 aliphatic carbocycles. The van der Waals surface area contributed by atoms with Crippen molar-refractivity contribution in [2.24, 2.45) is 0 Å². The summed E-state index contributed by atoms with van der Waals surface area (Å²) in [5.41, 5.74) is 0.